The van der Waals surface area contributed by atoms with Crippen LogP contribution in [-0.4, -0.2) is 46.9 Å². The highest BCUT2D eigenvalue weighted by Gasteiger charge is 2.30. The Bertz CT molecular complexity index is 1130. The highest BCUT2D eigenvalue weighted by atomic mass is 16.6. The maximum Gasteiger partial charge on any atom is 0.292 e. The van der Waals surface area contributed by atoms with Crippen LogP contribution < -0.4 is 4.90 Å². The molecule has 2 aliphatic rings. The van der Waals surface area contributed by atoms with E-state index in [1.54, 1.807) is 12.1 Å². The van der Waals surface area contributed by atoms with Gasteiger partial charge in [0.1, 0.15) is 5.69 Å². The molecule has 0 spiro atoms. The third-order valence-corrected chi connectivity index (χ3v) is 5.95. The number of carbonyl (C=O) groups is 1. The van der Waals surface area contributed by atoms with Gasteiger partial charge in [-0.3, -0.25) is 19.9 Å². The number of nitro benzene ring substituents is 1. The maximum absolute atomic E-state index is 13.4. The summed E-state index contributed by atoms with van der Waals surface area (Å²) in [5, 5.41) is 12.2. The normalized spacial score (nSPS) is 16.7. The number of nitro groups is 1. The third kappa shape index (κ3) is 3.36. The van der Waals surface area contributed by atoms with E-state index in [2.05, 4.69) is 0 Å². The van der Waals surface area contributed by atoms with E-state index in [1.807, 2.05) is 46.2 Å². The number of benzene rings is 2. The van der Waals surface area contributed by atoms with Crippen molar-refractivity contribution in [3.05, 3.63) is 76.0 Å². The van der Waals surface area contributed by atoms with E-state index in [9.17, 15) is 14.9 Å². The van der Waals surface area contributed by atoms with E-state index >= 15 is 0 Å². The lowest BCUT2D eigenvalue weighted by molar-refractivity contribution is -0.384. The Hall–Kier alpha value is -3.48. The predicted octanol–water partition coefficient (Wildman–Crippen LogP) is 3.98. The number of hydrogen-bond donors (Lipinski definition) is 0. The monoisotopic (exact) mass is 402 g/mol. The molecule has 0 unspecified atom stereocenters. The minimum Gasteiger partial charge on any atom is -0.362 e. The fraction of sp³-hybridized carbons (Fsp3) is 0.304. The summed E-state index contributed by atoms with van der Waals surface area (Å²) in [4.78, 5) is 33.0. The quantitative estimate of drug-likeness (QED) is 0.487. The molecule has 7 nitrogen and oxygen atoms in total. The molecule has 1 saturated carbocycles. The molecular formula is C23H22N4O3. The smallest absolute Gasteiger partial charge is 0.292 e. The van der Waals surface area contributed by atoms with Crippen LogP contribution >= 0.6 is 0 Å². The summed E-state index contributed by atoms with van der Waals surface area (Å²) in [6.07, 6.45) is 2.26. The lowest BCUT2D eigenvalue weighted by atomic mass is 10.0. The zero-order valence-electron chi connectivity index (χ0n) is 16.5. The predicted molar refractivity (Wildman–Crippen MR) is 115 cm³/mol. The van der Waals surface area contributed by atoms with Gasteiger partial charge < -0.3 is 9.80 Å². The average molecular weight is 402 g/mol. The van der Waals surface area contributed by atoms with Crippen LogP contribution in [0.2, 0.25) is 0 Å². The van der Waals surface area contributed by atoms with Crippen molar-refractivity contribution in [1.82, 2.24) is 9.88 Å². The number of anilines is 1. The van der Waals surface area contributed by atoms with Crippen LogP contribution in [0.1, 0.15) is 34.8 Å². The number of amides is 1. The number of aromatic nitrogens is 1. The van der Waals surface area contributed by atoms with E-state index in [0.717, 1.165) is 29.4 Å². The summed E-state index contributed by atoms with van der Waals surface area (Å²) < 4.78 is 0. The van der Waals surface area contributed by atoms with Gasteiger partial charge in [-0.1, -0.05) is 30.3 Å². The fourth-order valence-electron chi connectivity index (χ4n) is 4.17. The molecule has 1 saturated heterocycles. The molecule has 152 valence electrons. The summed E-state index contributed by atoms with van der Waals surface area (Å²) in [7, 11) is 0. The Morgan fingerprint density at radius 1 is 1.00 bits per heavy atom. The molecule has 2 fully saturated rings. The number of pyridine rings is 1. The van der Waals surface area contributed by atoms with Crippen LogP contribution in [0.15, 0.2) is 54.6 Å². The molecule has 0 radical (unpaired) electrons. The second-order valence-corrected chi connectivity index (χ2v) is 7.91. The SMILES string of the molecule is O=C(c1cc(C2CC2)nc2ccccc12)N1CCN(c2ccccc2[N+](=O)[O-])CC1. The maximum atomic E-state index is 13.4. The van der Waals surface area contributed by atoms with Gasteiger partial charge in [0.25, 0.3) is 11.6 Å². The molecule has 0 bridgehead atoms. The zero-order chi connectivity index (χ0) is 20.7. The fourth-order valence-corrected chi connectivity index (χ4v) is 4.17. The largest absolute Gasteiger partial charge is 0.362 e. The lowest BCUT2D eigenvalue weighted by Crippen LogP contribution is -2.49. The number of fused-ring (bicyclic) bond motifs is 1. The van der Waals surface area contributed by atoms with Crippen LogP contribution in [0.3, 0.4) is 0 Å². The first-order valence-electron chi connectivity index (χ1n) is 10.3. The van der Waals surface area contributed by atoms with Crippen molar-refractivity contribution >= 4 is 28.2 Å². The third-order valence-electron chi connectivity index (χ3n) is 5.95. The molecular weight excluding hydrogens is 380 g/mol. The molecule has 0 atom stereocenters. The van der Waals surface area contributed by atoms with Gasteiger partial charge in [-0.05, 0) is 31.0 Å². The van der Waals surface area contributed by atoms with Crippen LogP contribution in [0.5, 0.6) is 0 Å². The Morgan fingerprint density at radius 3 is 2.43 bits per heavy atom. The number of rotatable bonds is 4. The van der Waals surface area contributed by atoms with Crippen molar-refractivity contribution in [2.24, 2.45) is 0 Å². The van der Waals surface area contributed by atoms with Crippen molar-refractivity contribution in [2.75, 3.05) is 31.1 Å². The number of hydrogen-bond acceptors (Lipinski definition) is 5. The molecule has 3 aromatic rings. The van der Waals surface area contributed by atoms with Gasteiger partial charge >= 0.3 is 0 Å². The van der Waals surface area contributed by atoms with Gasteiger partial charge in [0.15, 0.2) is 0 Å². The molecule has 2 aromatic carbocycles. The Morgan fingerprint density at radius 2 is 1.70 bits per heavy atom. The van der Waals surface area contributed by atoms with Crippen molar-refractivity contribution in [3.63, 3.8) is 0 Å². The molecule has 2 heterocycles. The summed E-state index contributed by atoms with van der Waals surface area (Å²) in [6, 6.07) is 16.5. The van der Waals surface area contributed by atoms with Gasteiger partial charge in [0, 0.05) is 49.2 Å². The minimum atomic E-state index is -0.352. The van der Waals surface area contributed by atoms with Crippen LogP contribution in [0, 0.1) is 10.1 Å². The van der Waals surface area contributed by atoms with Crippen molar-refractivity contribution in [2.45, 2.75) is 18.8 Å². The number of piperazine rings is 1. The van der Waals surface area contributed by atoms with Crippen LogP contribution in [0.25, 0.3) is 10.9 Å². The first-order valence-corrected chi connectivity index (χ1v) is 10.3. The molecule has 7 heteroatoms. The summed E-state index contributed by atoms with van der Waals surface area (Å²) in [5.41, 5.74) is 3.30. The van der Waals surface area contributed by atoms with Gasteiger partial charge in [0.2, 0.25) is 0 Å². The van der Waals surface area contributed by atoms with Crippen molar-refractivity contribution in [3.8, 4) is 0 Å². The first kappa shape index (κ1) is 18.5. The Balaban J connectivity index is 1.39. The second-order valence-electron chi connectivity index (χ2n) is 7.91. The number of carbonyl (C=O) groups excluding carboxylic acids is 1. The standard InChI is InChI=1S/C23H22N4O3/c28-23(18-15-20(16-9-10-16)24-19-6-2-1-5-17(18)19)26-13-11-25(12-14-26)21-7-3-4-8-22(21)27(29)30/h1-8,15-16H,9-14H2. The molecule has 1 aliphatic carbocycles. The van der Waals surface area contributed by atoms with Gasteiger partial charge in [-0.2, -0.15) is 0 Å². The van der Waals surface area contributed by atoms with E-state index in [1.165, 1.54) is 6.07 Å². The molecule has 30 heavy (non-hydrogen) atoms. The Labute approximate surface area is 174 Å². The molecule has 0 N–H and O–H groups in total. The molecule has 1 aromatic heterocycles. The van der Waals surface area contributed by atoms with Crippen LogP contribution in [0.4, 0.5) is 11.4 Å². The first-order chi connectivity index (χ1) is 14.6. The van der Waals surface area contributed by atoms with E-state index < -0.39 is 0 Å². The number of para-hydroxylation sites is 3. The zero-order valence-corrected chi connectivity index (χ0v) is 16.5. The summed E-state index contributed by atoms with van der Waals surface area (Å²) >= 11 is 0. The highest BCUT2D eigenvalue weighted by Crippen LogP contribution is 2.40. The molecule has 1 amide bonds. The van der Waals surface area contributed by atoms with E-state index in [4.69, 9.17) is 4.98 Å². The van der Waals surface area contributed by atoms with Gasteiger partial charge in [-0.15, -0.1) is 0 Å². The lowest BCUT2D eigenvalue weighted by Gasteiger charge is -2.36. The topological polar surface area (TPSA) is 79.6 Å². The van der Waals surface area contributed by atoms with E-state index in [-0.39, 0.29) is 16.5 Å². The minimum absolute atomic E-state index is 0.0118. The number of nitrogens with zero attached hydrogens (tertiary/aromatic N) is 4. The van der Waals surface area contributed by atoms with Gasteiger partial charge in [0.05, 0.1) is 16.0 Å². The average Bonchev–Trinajstić information content (AvgIpc) is 3.63. The molecule has 5 rings (SSSR count). The van der Waals surface area contributed by atoms with Crippen LogP contribution in [-0.2, 0) is 0 Å². The van der Waals surface area contributed by atoms with Crippen molar-refractivity contribution in [1.29, 1.82) is 0 Å². The second kappa shape index (κ2) is 7.40. The summed E-state index contributed by atoms with van der Waals surface area (Å²) in [6.45, 7) is 2.19. The Kier molecular flexibility index (Phi) is 4.58. The van der Waals surface area contributed by atoms with E-state index in [0.29, 0.717) is 43.3 Å². The van der Waals surface area contributed by atoms with Crippen molar-refractivity contribution < 1.29 is 9.72 Å². The summed E-state index contributed by atoms with van der Waals surface area (Å²) in [5.74, 6) is 0.481. The molecule has 1 aliphatic heterocycles. The van der Waals surface area contributed by atoms with Gasteiger partial charge in [-0.25, -0.2) is 0 Å². The highest BCUT2D eigenvalue weighted by molar-refractivity contribution is 6.06.